The molecule has 0 aliphatic rings. The van der Waals surface area contributed by atoms with Crippen LogP contribution in [0.4, 0.5) is 0 Å². The molecule has 300 valence electrons. The van der Waals surface area contributed by atoms with Gasteiger partial charge in [0.2, 0.25) is 5.91 Å². The highest BCUT2D eigenvalue weighted by Crippen LogP contribution is 2.29. The van der Waals surface area contributed by atoms with E-state index in [0.717, 1.165) is 12.8 Å². The maximum atomic E-state index is 12.8. The van der Waals surface area contributed by atoms with Crippen LogP contribution >= 0.6 is 0 Å². The zero-order valence-corrected chi connectivity index (χ0v) is 34.2. The topological polar surface area (TPSA) is 207 Å². The smallest absolute Gasteiger partial charge is 0.252 e. The number of hydrogen-bond acceptors (Lipinski definition) is 10. The monoisotopic (exact) mass is 731 g/mol. The van der Waals surface area contributed by atoms with E-state index < -0.39 is 52.8 Å². The molecule has 13 heteroatoms. The average molecular weight is 731 g/mol. The molecule has 0 aliphatic carbocycles. The van der Waals surface area contributed by atoms with Crippen molar-refractivity contribution in [3.63, 3.8) is 0 Å². The molecule has 13 nitrogen and oxygen atoms in total. The SMILES string of the molecule is CCC(C)(C)NCC(C)(C)CC(C)(C)NC(=O)[C@@H](O)[C@H](O)C(O)C(O)C(=O)NCCNC(=O)C(C)(C)CCOC(C)(C)CCC(=O)C(C)(C)CC. The second-order valence-corrected chi connectivity index (χ2v) is 18.1. The maximum Gasteiger partial charge on any atom is 0.252 e. The van der Waals surface area contributed by atoms with Crippen LogP contribution in [0.5, 0.6) is 0 Å². The van der Waals surface area contributed by atoms with Crippen molar-refractivity contribution in [1.82, 2.24) is 21.3 Å². The van der Waals surface area contributed by atoms with Crippen molar-refractivity contribution >= 4 is 23.5 Å². The number of nitrogens with one attached hydrogen (secondary N) is 4. The van der Waals surface area contributed by atoms with Gasteiger partial charge in [-0.25, -0.2) is 0 Å². The average Bonchev–Trinajstić information content (AvgIpc) is 3.01. The molecule has 0 aromatic carbocycles. The van der Waals surface area contributed by atoms with E-state index in [4.69, 9.17) is 4.74 Å². The van der Waals surface area contributed by atoms with Gasteiger partial charge in [0.05, 0.1) is 5.60 Å². The van der Waals surface area contributed by atoms with Gasteiger partial charge in [0.25, 0.3) is 11.8 Å². The van der Waals surface area contributed by atoms with Crippen molar-refractivity contribution in [3.05, 3.63) is 0 Å². The first-order chi connectivity index (χ1) is 22.9. The summed E-state index contributed by atoms with van der Waals surface area (Å²) in [5.74, 6) is -2.09. The molecule has 0 aromatic rings. The lowest BCUT2D eigenvalue weighted by molar-refractivity contribution is -0.156. The lowest BCUT2D eigenvalue weighted by atomic mass is 9.79. The zero-order chi connectivity index (χ0) is 40.2. The minimum atomic E-state index is -2.17. The quantitative estimate of drug-likeness (QED) is 0.0645. The number of ether oxygens (including phenoxy) is 1. The number of amides is 3. The van der Waals surface area contributed by atoms with E-state index in [2.05, 4.69) is 55.9 Å². The second kappa shape index (κ2) is 19.8. The molecule has 3 amide bonds. The Morgan fingerprint density at radius 3 is 1.67 bits per heavy atom. The van der Waals surface area contributed by atoms with Gasteiger partial charge in [-0.15, -0.1) is 0 Å². The van der Waals surface area contributed by atoms with E-state index in [1.807, 2.05) is 34.6 Å². The van der Waals surface area contributed by atoms with Crippen molar-refractivity contribution in [1.29, 1.82) is 0 Å². The summed E-state index contributed by atoms with van der Waals surface area (Å²) in [4.78, 5) is 50.7. The van der Waals surface area contributed by atoms with Gasteiger partial charge in [-0.1, -0.05) is 55.4 Å². The molecule has 0 rings (SSSR count). The number of carbonyl (C=O) groups excluding carboxylic acids is 4. The molecule has 0 fully saturated rings. The van der Waals surface area contributed by atoms with Crippen LogP contribution in [0.2, 0.25) is 0 Å². The van der Waals surface area contributed by atoms with Crippen molar-refractivity contribution in [2.75, 3.05) is 26.2 Å². The molecule has 0 saturated heterocycles. The Morgan fingerprint density at radius 1 is 0.647 bits per heavy atom. The first-order valence-electron chi connectivity index (χ1n) is 18.5. The summed E-state index contributed by atoms with van der Waals surface area (Å²) in [6.07, 6.45) is -4.97. The number of hydrogen-bond donors (Lipinski definition) is 8. The molecule has 0 aliphatic heterocycles. The van der Waals surface area contributed by atoms with Gasteiger partial charge in [-0.05, 0) is 79.1 Å². The first-order valence-corrected chi connectivity index (χ1v) is 18.5. The number of rotatable bonds is 25. The van der Waals surface area contributed by atoms with Crippen molar-refractivity contribution in [3.8, 4) is 0 Å². The van der Waals surface area contributed by atoms with Crippen molar-refractivity contribution in [2.45, 2.75) is 177 Å². The standard InChI is InChI=1S/C38H74N4O9/c1-15-34(5,6)25(43)17-18-38(13,14)51-22-19-35(7,8)32(50)40-21-20-39-30(48)28(46)26(44)27(45)29(47)31(49)42-37(11,12)23-33(3,4)24-41-36(9,10)16-2/h26-29,41,44-47H,15-24H2,1-14H3,(H,39,48)(H,40,50)(H,42,49)/t26?,27-,28?,29+/m1/s1. The Kier molecular flexibility index (Phi) is 18.9. The Morgan fingerprint density at radius 2 is 1.16 bits per heavy atom. The highest BCUT2D eigenvalue weighted by atomic mass is 16.5. The van der Waals surface area contributed by atoms with E-state index in [1.54, 1.807) is 27.7 Å². The third-order valence-corrected chi connectivity index (χ3v) is 9.98. The van der Waals surface area contributed by atoms with Crippen LogP contribution in [0, 0.1) is 16.2 Å². The summed E-state index contributed by atoms with van der Waals surface area (Å²) in [5, 5.41) is 53.0. The fraction of sp³-hybridized carbons (Fsp3) is 0.895. The molecule has 2 unspecified atom stereocenters. The third-order valence-electron chi connectivity index (χ3n) is 9.98. The lowest BCUT2D eigenvalue weighted by Crippen LogP contribution is -2.58. The van der Waals surface area contributed by atoms with E-state index in [1.165, 1.54) is 0 Å². The highest BCUT2D eigenvalue weighted by Gasteiger charge is 2.40. The third kappa shape index (κ3) is 17.9. The van der Waals surface area contributed by atoms with Gasteiger partial charge in [-0.3, -0.25) is 19.2 Å². The molecule has 0 radical (unpaired) electrons. The van der Waals surface area contributed by atoms with Crippen LogP contribution in [0.25, 0.3) is 0 Å². The Labute approximate surface area is 307 Å². The fourth-order valence-corrected chi connectivity index (χ4v) is 5.42. The van der Waals surface area contributed by atoms with Gasteiger partial charge < -0.3 is 46.4 Å². The minimum absolute atomic E-state index is 0.0168. The summed E-state index contributed by atoms with van der Waals surface area (Å²) >= 11 is 0. The summed E-state index contributed by atoms with van der Waals surface area (Å²) in [7, 11) is 0. The van der Waals surface area contributed by atoms with Crippen LogP contribution in [0.15, 0.2) is 0 Å². The van der Waals surface area contributed by atoms with Gasteiger partial charge >= 0.3 is 0 Å². The van der Waals surface area contributed by atoms with Crippen molar-refractivity contribution in [2.24, 2.45) is 16.2 Å². The lowest BCUT2D eigenvalue weighted by Gasteiger charge is -2.39. The summed E-state index contributed by atoms with van der Waals surface area (Å²) in [5.41, 5.74) is -2.79. The molecule has 8 N–H and O–H groups in total. The Balaban J connectivity index is 4.82. The summed E-state index contributed by atoms with van der Waals surface area (Å²) in [6.45, 7) is 28.1. The van der Waals surface area contributed by atoms with Crippen LogP contribution in [0.3, 0.4) is 0 Å². The van der Waals surface area contributed by atoms with E-state index in [-0.39, 0.29) is 41.1 Å². The molecule has 0 aromatic heterocycles. The van der Waals surface area contributed by atoms with Crippen molar-refractivity contribution < 1.29 is 44.3 Å². The molecule has 4 atom stereocenters. The number of aliphatic hydroxyl groups excluding tert-OH is 4. The van der Waals surface area contributed by atoms with E-state index >= 15 is 0 Å². The van der Waals surface area contributed by atoms with Gasteiger partial charge in [-0.2, -0.15) is 0 Å². The zero-order valence-electron chi connectivity index (χ0n) is 34.2. The number of Topliss-reactive ketones (excluding diaryl/α,β-unsaturated/α-hetero) is 1. The molecular formula is C38H74N4O9. The van der Waals surface area contributed by atoms with Crippen LogP contribution in [-0.2, 0) is 23.9 Å². The predicted octanol–water partition coefficient (Wildman–Crippen LogP) is 2.75. The van der Waals surface area contributed by atoms with Crippen LogP contribution < -0.4 is 21.3 Å². The Hall–Kier alpha value is -2.16. The highest BCUT2D eigenvalue weighted by molar-refractivity contribution is 5.84. The van der Waals surface area contributed by atoms with Crippen LogP contribution in [0.1, 0.15) is 135 Å². The normalized spacial score (nSPS) is 15.8. The molecular weight excluding hydrogens is 656 g/mol. The number of carbonyl (C=O) groups is 4. The molecule has 51 heavy (non-hydrogen) atoms. The van der Waals surface area contributed by atoms with Gasteiger partial charge in [0.15, 0.2) is 12.2 Å². The Bertz CT molecular complexity index is 1130. The largest absolute Gasteiger partial charge is 0.387 e. The molecule has 0 heterocycles. The van der Waals surface area contributed by atoms with Gasteiger partial charge in [0, 0.05) is 54.6 Å². The molecule has 0 bridgehead atoms. The maximum absolute atomic E-state index is 12.8. The molecule has 0 spiro atoms. The fourth-order valence-electron chi connectivity index (χ4n) is 5.42. The van der Waals surface area contributed by atoms with Gasteiger partial charge in [0.1, 0.15) is 18.0 Å². The van der Waals surface area contributed by atoms with E-state index in [9.17, 15) is 39.6 Å². The second-order valence-electron chi connectivity index (χ2n) is 18.1. The molecule has 0 saturated carbocycles. The number of ketones is 1. The van der Waals surface area contributed by atoms with Crippen LogP contribution in [-0.4, -0.2) is 111 Å². The van der Waals surface area contributed by atoms with E-state index in [0.29, 0.717) is 38.8 Å². The summed E-state index contributed by atoms with van der Waals surface area (Å²) < 4.78 is 6.03. The number of aliphatic hydroxyl groups is 4. The predicted molar refractivity (Wildman–Crippen MR) is 200 cm³/mol. The minimum Gasteiger partial charge on any atom is -0.387 e. The first kappa shape index (κ1) is 48.8. The summed E-state index contributed by atoms with van der Waals surface area (Å²) in [6, 6.07) is 0.